The third-order valence-corrected chi connectivity index (χ3v) is 3.82. The second kappa shape index (κ2) is 6.05. The summed E-state index contributed by atoms with van der Waals surface area (Å²) in [6.45, 7) is 4.05. The van der Waals surface area contributed by atoms with Crippen LogP contribution >= 0.6 is 0 Å². The Balaban J connectivity index is 1.67. The topological polar surface area (TPSA) is 46.0 Å². The molecule has 5 nitrogen and oxygen atoms in total. The van der Waals surface area contributed by atoms with Gasteiger partial charge in [0.25, 0.3) is 0 Å². The molecule has 1 aromatic heterocycles. The summed E-state index contributed by atoms with van der Waals surface area (Å²) in [5.41, 5.74) is 1.35. The molecule has 1 aliphatic heterocycles. The fourth-order valence-electron chi connectivity index (χ4n) is 2.61. The fraction of sp³-hybridized carbons (Fsp3) is 0.467. The predicted molar refractivity (Wildman–Crippen MR) is 79.9 cm³/mol. The van der Waals surface area contributed by atoms with E-state index in [1.165, 1.54) is 5.56 Å². The molecule has 0 aliphatic carbocycles. The van der Waals surface area contributed by atoms with Gasteiger partial charge in [0.2, 0.25) is 5.95 Å². The van der Waals surface area contributed by atoms with E-state index in [2.05, 4.69) is 56.3 Å². The third-order valence-electron chi connectivity index (χ3n) is 3.82. The highest BCUT2D eigenvalue weighted by Crippen LogP contribution is 2.13. The van der Waals surface area contributed by atoms with Gasteiger partial charge in [0.15, 0.2) is 0 Å². The van der Waals surface area contributed by atoms with Gasteiger partial charge < -0.3 is 14.8 Å². The number of rotatable bonds is 4. The molecular weight excluding hydrogens is 250 g/mol. The van der Waals surface area contributed by atoms with Crippen LogP contribution in [0.25, 0.3) is 0 Å². The first-order valence-electron chi connectivity index (χ1n) is 7.22. The van der Waals surface area contributed by atoms with Crippen molar-refractivity contribution in [2.45, 2.75) is 12.8 Å². The normalized spacial score (nSPS) is 15.6. The third kappa shape index (κ3) is 2.82. The molecule has 0 saturated carbocycles. The molecule has 0 spiro atoms. The van der Waals surface area contributed by atoms with Gasteiger partial charge in [-0.1, -0.05) is 30.3 Å². The fourth-order valence-corrected chi connectivity index (χ4v) is 2.61. The average molecular weight is 271 g/mol. The lowest BCUT2D eigenvalue weighted by Gasteiger charge is -2.27. The van der Waals surface area contributed by atoms with E-state index in [0.717, 1.165) is 50.8 Å². The number of nitrogens with zero attached hydrogens (tertiary/aromatic N) is 4. The van der Waals surface area contributed by atoms with Gasteiger partial charge in [-0.15, -0.1) is 10.2 Å². The Morgan fingerprint density at radius 2 is 1.80 bits per heavy atom. The maximum Gasteiger partial charge on any atom is 0.227 e. The van der Waals surface area contributed by atoms with Gasteiger partial charge in [-0.2, -0.15) is 0 Å². The average Bonchev–Trinajstić information content (AvgIpc) is 2.88. The van der Waals surface area contributed by atoms with Crippen LogP contribution in [-0.4, -0.2) is 40.9 Å². The summed E-state index contributed by atoms with van der Waals surface area (Å²) in [4.78, 5) is 2.30. The van der Waals surface area contributed by atoms with Crippen molar-refractivity contribution < 1.29 is 0 Å². The Hall–Kier alpha value is -1.88. The van der Waals surface area contributed by atoms with E-state index in [4.69, 9.17) is 0 Å². The monoisotopic (exact) mass is 271 g/mol. The SMILES string of the molecule is Cn1c(CCc2ccccc2)nnc1N1CCNCC1. The molecule has 3 rings (SSSR count). The zero-order valence-electron chi connectivity index (χ0n) is 11.9. The number of benzene rings is 1. The second-order valence-electron chi connectivity index (χ2n) is 5.20. The Morgan fingerprint density at radius 3 is 2.55 bits per heavy atom. The number of nitrogens with one attached hydrogen (secondary N) is 1. The van der Waals surface area contributed by atoms with E-state index < -0.39 is 0 Å². The number of piperazine rings is 1. The number of anilines is 1. The van der Waals surface area contributed by atoms with Crippen molar-refractivity contribution in [2.75, 3.05) is 31.1 Å². The quantitative estimate of drug-likeness (QED) is 0.901. The maximum atomic E-state index is 4.36. The lowest BCUT2D eigenvalue weighted by molar-refractivity contribution is 0.572. The molecule has 2 heterocycles. The molecule has 0 atom stereocenters. The van der Waals surface area contributed by atoms with Gasteiger partial charge in [-0.3, -0.25) is 0 Å². The van der Waals surface area contributed by atoms with E-state index in [-0.39, 0.29) is 0 Å². The van der Waals surface area contributed by atoms with E-state index in [1.807, 2.05) is 6.07 Å². The smallest absolute Gasteiger partial charge is 0.227 e. The summed E-state index contributed by atoms with van der Waals surface area (Å²) in [5, 5.41) is 12.1. The largest absolute Gasteiger partial charge is 0.338 e. The van der Waals surface area contributed by atoms with Crippen molar-refractivity contribution in [3.8, 4) is 0 Å². The van der Waals surface area contributed by atoms with Crippen molar-refractivity contribution >= 4 is 5.95 Å². The molecule has 1 fully saturated rings. The van der Waals surface area contributed by atoms with Gasteiger partial charge in [0.05, 0.1) is 0 Å². The van der Waals surface area contributed by atoms with Gasteiger partial charge >= 0.3 is 0 Å². The van der Waals surface area contributed by atoms with E-state index in [1.54, 1.807) is 0 Å². The summed E-state index contributed by atoms with van der Waals surface area (Å²) >= 11 is 0. The van der Waals surface area contributed by atoms with Crippen LogP contribution in [0, 0.1) is 0 Å². The van der Waals surface area contributed by atoms with Crippen LogP contribution in [0.4, 0.5) is 5.95 Å². The first-order valence-corrected chi connectivity index (χ1v) is 7.22. The van der Waals surface area contributed by atoms with E-state index in [9.17, 15) is 0 Å². The zero-order valence-corrected chi connectivity index (χ0v) is 11.9. The molecule has 20 heavy (non-hydrogen) atoms. The predicted octanol–water partition coefficient (Wildman–Crippen LogP) is 1.01. The molecule has 0 bridgehead atoms. The highest BCUT2D eigenvalue weighted by molar-refractivity contribution is 5.32. The molecular formula is C15H21N5. The minimum atomic E-state index is 0.930. The maximum absolute atomic E-state index is 4.36. The first kappa shape index (κ1) is 13.1. The molecule has 2 aromatic rings. The first-order chi connectivity index (χ1) is 9.84. The second-order valence-corrected chi connectivity index (χ2v) is 5.20. The molecule has 1 N–H and O–H groups in total. The Labute approximate surface area is 119 Å². The van der Waals surface area contributed by atoms with E-state index >= 15 is 0 Å². The minimum Gasteiger partial charge on any atom is -0.338 e. The van der Waals surface area contributed by atoms with Crippen LogP contribution in [0.5, 0.6) is 0 Å². The number of aryl methyl sites for hydroxylation is 2. The summed E-state index contributed by atoms with van der Waals surface area (Å²) < 4.78 is 2.13. The van der Waals surface area contributed by atoms with Crippen molar-refractivity contribution in [3.63, 3.8) is 0 Å². The lowest BCUT2D eigenvalue weighted by Crippen LogP contribution is -2.44. The number of hydrogen-bond donors (Lipinski definition) is 1. The summed E-state index contributed by atoms with van der Waals surface area (Å²) in [6, 6.07) is 10.5. The molecule has 1 aromatic carbocycles. The van der Waals surface area contributed by atoms with Crippen LogP contribution in [0.1, 0.15) is 11.4 Å². The molecule has 5 heteroatoms. The minimum absolute atomic E-state index is 0.930. The van der Waals surface area contributed by atoms with Gasteiger partial charge in [0, 0.05) is 39.6 Å². The van der Waals surface area contributed by atoms with Crippen molar-refractivity contribution in [3.05, 3.63) is 41.7 Å². The summed E-state index contributed by atoms with van der Waals surface area (Å²) in [7, 11) is 2.07. The van der Waals surface area contributed by atoms with Gasteiger partial charge in [0.1, 0.15) is 5.82 Å². The standard InChI is InChI=1S/C15H21N5/c1-19-14(8-7-13-5-3-2-4-6-13)17-18-15(19)20-11-9-16-10-12-20/h2-6,16H,7-12H2,1H3. The van der Waals surface area contributed by atoms with Crippen molar-refractivity contribution in [1.82, 2.24) is 20.1 Å². The van der Waals surface area contributed by atoms with Crippen LogP contribution in [0.2, 0.25) is 0 Å². The van der Waals surface area contributed by atoms with Gasteiger partial charge in [-0.25, -0.2) is 0 Å². The summed E-state index contributed by atoms with van der Waals surface area (Å²) in [5.74, 6) is 2.05. The number of aromatic nitrogens is 3. The molecule has 106 valence electrons. The number of hydrogen-bond acceptors (Lipinski definition) is 4. The summed E-state index contributed by atoms with van der Waals surface area (Å²) in [6.07, 6.45) is 1.94. The van der Waals surface area contributed by atoms with Crippen LogP contribution < -0.4 is 10.2 Å². The molecule has 0 amide bonds. The van der Waals surface area contributed by atoms with Crippen LogP contribution in [0.3, 0.4) is 0 Å². The van der Waals surface area contributed by atoms with Crippen LogP contribution in [0.15, 0.2) is 30.3 Å². The van der Waals surface area contributed by atoms with Crippen molar-refractivity contribution in [2.24, 2.45) is 7.05 Å². The Bertz CT molecular complexity index is 543. The molecule has 1 aliphatic rings. The molecule has 0 radical (unpaired) electrons. The zero-order chi connectivity index (χ0) is 13.8. The lowest BCUT2D eigenvalue weighted by atomic mass is 10.1. The molecule has 1 saturated heterocycles. The Morgan fingerprint density at radius 1 is 1.05 bits per heavy atom. The van der Waals surface area contributed by atoms with Crippen molar-refractivity contribution in [1.29, 1.82) is 0 Å². The van der Waals surface area contributed by atoms with Crippen LogP contribution in [-0.2, 0) is 19.9 Å². The highest BCUT2D eigenvalue weighted by atomic mass is 15.4. The highest BCUT2D eigenvalue weighted by Gasteiger charge is 2.17. The van der Waals surface area contributed by atoms with E-state index in [0.29, 0.717) is 0 Å². The molecule has 0 unspecified atom stereocenters. The van der Waals surface area contributed by atoms with Gasteiger partial charge in [-0.05, 0) is 12.0 Å². The Kier molecular flexibility index (Phi) is 3.97.